The maximum atomic E-state index is 5.66. The minimum Gasteiger partial charge on any atom is -0.436 e. The topological polar surface area (TPSA) is 47.0 Å². The molecule has 1 aromatic carbocycles. The van der Waals surface area contributed by atoms with Crippen LogP contribution in [0.3, 0.4) is 0 Å². The maximum absolute atomic E-state index is 5.66. The van der Waals surface area contributed by atoms with E-state index in [9.17, 15) is 0 Å². The highest BCUT2D eigenvalue weighted by molar-refractivity contribution is 9.10. The lowest BCUT2D eigenvalue weighted by atomic mass is 10.3. The molecular formula is C14H14BrN3O. The second kappa shape index (κ2) is 5.67. The average Bonchev–Trinajstić information content (AvgIpc) is 3.25. The van der Waals surface area contributed by atoms with Gasteiger partial charge in [0, 0.05) is 18.7 Å². The van der Waals surface area contributed by atoms with Crippen LogP contribution in [-0.2, 0) is 6.54 Å². The van der Waals surface area contributed by atoms with Crippen LogP contribution in [0.2, 0.25) is 0 Å². The third-order valence-electron chi connectivity index (χ3n) is 2.90. The number of hydrogen-bond donors (Lipinski definition) is 1. The number of halogens is 1. The molecule has 4 nitrogen and oxygen atoms in total. The van der Waals surface area contributed by atoms with Crippen molar-refractivity contribution in [1.82, 2.24) is 15.5 Å². The summed E-state index contributed by atoms with van der Waals surface area (Å²) in [6.07, 6.45) is 2.55. The summed E-state index contributed by atoms with van der Waals surface area (Å²) in [4.78, 5) is 0. The Morgan fingerprint density at radius 1 is 1.16 bits per heavy atom. The quantitative estimate of drug-likeness (QED) is 0.918. The predicted octanol–water partition coefficient (Wildman–Crippen LogP) is 3.28. The van der Waals surface area contributed by atoms with E-state index in [1.165, 1.54) is 12.8 Å². The van der Waals surface area contributed by atoms with Gasteiger partial charge in [0.15, 0.2) is 0 Å². The SMILES string of the molecule is Brc1ccccc1Oc1ccc(CNC2CC2)nn1. The molecule has 5 heteroatoms. The smallest absolute Gasteiger partial charge is 0.238 e. The van der Waals surface area contributed by atoms with Gasteiger partial charge in [-0.1, -0.05) is 12.1 Å². The molecule has 0 unspecified atom stereocenters. The van der Waals surface area contributed by atoms with Gasteiger partial charge in [-0.2, -0.15) is 5.10 Å². The Hall–Kier alpha value is -1.46. The number of nitrogens with one attached hydrogen (secondary N) is 1. The average molecular weight is 320 g/mol. The van der Waals surface area contributed by atoms with E-state index >= 15 is 0 Å². The van der Waals surface area contributed by atoms with E-state index in [0.717, 1.165) is 22.5 Å². The predicted molar refractivity (Wildman–Crippen MR) is 76.1 cm³/mol. The fraction of sp³-hybridized carbons (Fsp3) is 0.286. The lowest BCUT2D eigenvalue weighted by molar-refractivity contribution is 0.450. The van der Waals surface area contributed by atoms with Crippen LogP contribution in [0.15, 0.2) is 40.9 Å². The molecule has 1 aliphatic rings. The monoisotopic (exact) mass is 319 g/mol. The molecule has 19 heavy (non-hydrogen) atoms. The number of para-hydroxylation sites is 1. The van der Waals surface area contributed by atoms with Crippen molar-refractivity contribution in [2.75, 3.05) is 0 Å². The Bertz CT molecular complexity index is 555. The highest BCUT2D eigenvalue weighted by Crippen LogP contribution is 2.27. The molecule has 0 radical (unpaired) electrons. The second-order valence-electron chi connectivity index (χ2n) is 4.55. The normalized spacial score (nSPS) is 14.4. The summed E-state index contributed by atoms with van der Waals surface area (Å²) in [5.41, 5.74) is 0.936. The Kier molecular flexibility index (Phi) is 3.75. The Balaban J connectivity index is 1.63. The summed E-state index contributed by atoms with van der Waals surface area (Å²) in [6, 6.07) is 12.1. The van der Waals surface area contributed by atoms with Crippen molar-refractivity contribution >= 4 is 15.9 Å². The molecule has 98 valence electrons. The number of aromatic nitrogens is 2. The van der Waals surface area contributed by atoms with Crippen LogP contribution in [0.1, 0.15) is 18.5 Å². The zero-order valence-corrected chi connectivity index (χ0v) is 11.9. The molecule has 1 fully saturated rings. The van der Waals surface area contributed by atoms with Gasteiger partial charge in [-0.3, -0.25) is 0 Å². The first-order valence-electron chi connectivity index (χ1n) is 6.29. The van der Waals surface area contributed by atoms with Crippen LogP contribution in [0.4, 0.5) is 0 Å². The third kappa shape index (κ3) is 3.52. The van der Waals surface area contributed by atoms with Gasteiger partial charge in [0.05, 0.1) is 10.2 Å². The van der Waals surface area contributed by atoms with Crippen LogP contribution < -0.4 is 10.1 Å². The van der Waals surface area contributed by atoms with Crippen molar-refractivity contribution in [3.8, 4) is 11.6 Å². The van der Waals surface area contributed by atoms with Gasteiger partial charge in [0.25, 0.3) is 0 Å². The minimum atomic E-state index is 0.502. The van der Waals surface area contributed by atoms with E-state index in [4.69, 9.17) is 4.74 Å². The number of rotatable bonds is 5. The molecule has 0 saturated heterocycles. The maximum Gasteiger partial charge on any atom is 0.238 e. The van der Waals surface area contributed by atoms with Gasteiger partial charge in [0.1, 0.15) is 5.75 Å². The summed E-state index contributed by atoms with van der Waals surface area (Å²) in [7, 11) is 0. The summed E-state index contributed by atoms with van der Waals surface area (Å²) in [5.74, 6) is 1.24. The van der Waals surface area contributed by atoms with Crippen molar-refractivity contribution in [2.45, 2.75) is 25.4 Å². The van der Waals surface area contributed by atoms with E-state index in [2.05, 4.69) is 31.4 Å². The fourth-order valence-corrected chi connectivity index (χ4v) is 2.04. The first-order chi connectivity index (χ1) is 9.31. The summed E-state index contributed by atoms with van der Waals surface area (Å²) >= 11 is 3.43. The van der Waals surface area contributed by atoms with Crippen molar-refractivity contribution < 1.29 is 4.74 Å². The molecule has 3 rings (SSSR count). The molecular weight excluding hydrogens is 306 g/mol. The van der Waals surface area contributed by atoms with Crippen LogP contribution >= 0.6 is 15.9 Å². The molecule has 1 heterocycles. The molecule has 1 aromatic heterocycles. The van der Waals surface area contributed by atoms with Gasteiger partial charge >= 0.3 is 0 Å². The lowest BCUT2D eigenvalue weighted by Gasteiger charge is -2.06. The Morgan fingerprint density at radius 2 is 2.00 bits per heavy atom. The molecule has 2 aromatic rings. The van der Waals surface area contributed by atoms with Gasteiger partial charge in [0.2, 0.25) is 5.88 Å². The second-order valence-corrected chi connectivity index (χ2v) is 5.40. The summed E-state index contributed by atoms with van der Waals surface area (Å²) in [6.45, 7) is 0.771. The number of hydrogen-bond acceptors (Lipinski definition) is 4. The summed E-state index contributed by atoms with van der Waals surface area (Å²) < 4.78 is 6.56. The highest BCUT2D eigenvalue weighted by atomic mass is 79.9. The fourth-order valence-electron chi connectivity index (χ4n) is 1.67. The number of ether oxygens (including phenoxy) is 1. The molecule has 0 aliphatic heterocycles. The Morgan fingerprint density at radius 3 is 2.68 bits per heavy atom. The zero-order chi connectivity index (χ0) is 13.1. The van der Waals surface area contributed by atoms with Gasteiger partial charge in [-0.15, -0.1) is 5.10 Å². The molecule has 1 aliphatic carbocycles. The third-order valence-corrected chi connectivity index (χ3v) is 3.55. The minimum absolute atomic E-state index is 0.502. The Labute approximate surface area is 120 Å². The van der Waals surface area contributed by atoms with Crippen molar-refractivity contribution in [3.05, 3.63) is 46.6 Å². The first-order valence-corrected chi connectivity index (χ1v) is 7.09. The standard InChI is InChI=1S/C14H14BrN3O/c15-12-3-1-2-4-13(12)19-14-8-7-11(17-18-14)9-16-10-5-6-10/h1-4,7-8,10,16H,5-6,9H2. The van der Waals surface area contributed by atoms with Gasteiger partial charge in [-0.05, 0) is 47.0 Å². The van der Waals surface area contributed by atoms with E-state index in [0.29, 0.717) is 11.9 Å². The van der Waals surface area contributed by atoms with E-state index in [1.807, 2.05) is 36.4 Å². The lowest BCUT2D eigenvalue weighted by Crippen LogP contribution is -2.16. The highest BCUT2D eigenvalue weighted by Gasteiger charge is 2.20. The molecule has 1 N–H and O–H groups in total. The molecule has 0 spiro atoms. The van der Waals surface area contributed by atoms with Crippen LogP contribution in [0.25, 0.3) is 0 Å². The largest absolute Gasteiger partial charge is 0.436 e. The van der Waals surface area contributed by atoms with Crippen molar-refractivity contribution in [2.24, 2.45) is 0 Å². The van der Waals surface area contributed by atoms with Crippen LogP contribution in [0, 0.1) is 0 Å². The van der Waals surface area contributed by atoms with E-state index in [1.54, 1.807) is 0 Å². The van der Waals surface area contributed by atoms with Crippen molar-refractivity contribution in [3.63, 3.8) is 0 Å². The van der Waals surface area contributed by atoms with Gasteiger partial charge in [-0.25, -0.2) is 0 Å². The van der Waals surface area contributed by atoms with E-state index < -0.39 is 0 Å². The molecule has 0 bridgehead atoms. The number of nitrogens with zero attached hydrogens (tertiary/aromatic N) is 2. The molecule has 1 saturated carbocycles. The first kappa shape index (κ1) is 12.6. The molecule has 0 amide bonds. The number of benzene rings is 1. The van der Waals surface area contributed by atoms with Crippen LogP contribution in [0.5, 0.6) is 11.6 Å². The van der Waals surface area contributed by atoms with Crippen molar-refractivity contribution in [1.29, 1.82) is 0 Å². The zero-order valence-electron chi connectivity index (χ0n) is 10.3. The van der Waals surface area contributed by atoms with Crippen LogP contribution in [-0.4, -0.2) is 16.2 Å². The van der Waals surface area contributed by atoms with E-state index in [-0.39, 0.29) is 0 Å². The van der Waals surface area contributed by atoms with Gasteiger partial charge < -0.3 is 10.1 Å². The summed E-state index contributed by atoms with van der Waals surface area (Å²) in [5, 5.41) is 11.6. The molecule has 0 atom stereocenters.